The molecule has 0 saturated carbocycles. The fourth-order valence-electron chi connectivity index (χ4n) is 1.81. The number of halogens is 3. The Kier molecular flexibility index (Phi) is 5.28. The molecule has 100 valence electrons. The number of anilines is 1. The number of para-hydroxylation sites is 1. The third kappa shape index (κ3) is 3.72. The van der Waals surface area contributed by atoms with E-state index in [1.165, 1.54) is 0 Å². The first-order chi connectivity index (χ1) is 9.11. The lowest BCUT2D eigenvalue weighted by Crippen LogP contribution is -2.21. The highest BCUT2D eigenvalue weighted by atomic mass is 79.9. The van der Waals surface area contributed by atoms with Crippen LogP contribution in [0.1, 0.15) is 11.6 Å². The Hall–Kier alpha value is -0.550. The van der Waals surface area contributed by atoms with E-state index in [1.807, 2.05) is 42.5 Å². The third-order valence-electron chi connectivity index (χ3n) is 2.78. The van der Waals surface area contributed by atoms with E-state index in [9.17, 15) is 0 Å². The van der Waals surface area contributed by atoms with Gasteiger partial charge < -0.3 is 11.1 Å². The van der Waals surface area contributed by atoms with Crippen molar-refractivity contribution in [1.82, 2.24) is 0 Å². The lowest BCUT2D eigenvalue weighted by atomic mass is 10.1. The van der Waals surface area contributed by atoms with Crippen LogP contribution in [0.3, 0.4) is 0 Å². The van der Waals surface area contributed by atoms with E-state index in [1.54, 1.807) is 0 Å². The van der Waals surface area contributed by atoms with Gasteiger partial charge in [0.05, 0.1) is 6.04 Å². The Morgan fingerprint density at radius 2 is 1.89 bits per heavy atom. The summed E-state index contributed by atoms with van der Waals surface area (Å²) in [5.41, 5.74) is 7.85. The average molecular weight is 405 g/mol. The molecule has 0 bridgehead atoms. The van der Waals surface area contributed by atoms with Gasteiger partial charge in [-0.2, -0.15) is 0 Å². The van der Waals surface area contributed by atoms with Crippen LogP contribution in [0.5, 0.6) is 0 Å². The lowest BCUT2D eigenvalue weighted by Gasteiger charge is -2.20. The highest BCUT2D eigenvalue weighted by Crippen LogP contribution is 2.30. The molecule has 0 aliphatic carbocycles. The van der Waals surface area contributed by atoms with Crippen molar-refractivity contribution in [1.29, 1.82) is 0 Å². The summed E-state index contributed by atoms with van der Waals surface area (Å²) in [4.78, 5) is 0. The van der Waals surface area contributed by atoms with Crippen LogP contribution in [0.15, 0.2) is 51.4 Å². The SMILES string of the molecule is NCC(Nc1ccccc1Br)c1ccc(Br)cc1Cl. The molecule has 5 heteroatoms. The minimum atomic E-state index is -0.0284. The Morgan fingerprint density at radius 1 is 1.16 bits per heavy atom. The first kappa shape index (κ1) is 14.9. The second kappa shape index (κ2) is 6.75. The van der Waals surface area contributed by atoms with Crippen molar-refractivity contribution in [2.75, 3.05) is 11.9 Å². The molecular formula is C14H13Br2ClN2. The van der Waals surface area contributed by atoms with Gasteiger partial charge in [-0.25, -0.2) is 0 Å². The number of hydrogen-bond donors (Lipinski definition) is 2. The molecule has 0 aromatic heterocycles. The molecule has 0 spiro atoms. The van der Waals surface area contributed by atoms with Gasteiger partial charge in [-0.15, -0.1) is 0 Å². The molecule has 1 unspecified atom stereocenters. The first-order valence-electron chi connectivity index (χ1n) is 5.78. The number of rotatable bonds is 4. The smallest absolute Gasteiger partial charge is 0.0651 e. The van der Waals surface area contributed by atoms with E-state index in [0.29, 0.717) is 11.6 Å². The molecule has 0 heterocycles. The molecule has 0 fully saturated rings. The molecule has 0 amide bonds. The van der Waals surface area contributed by atoms with Gasteiger partial charge in [-0.1, -0.05) is 45.7 Å². The Morgan fingerprint density at radius 3 is 2.53 bits per heavy atom. The minimum Gasteiger partial charge on any atom is -0.376 e. The molecule has 0 aliphatic heterocycles. The summed E-state index contributed by atoms with van der Waals surface area (Å²) in [5, 5.41) is 4.10. The fraction of sp³-hybridized carbons (Fsp3) is 0.143. The number of benzene rings is 2. The Labute approximate surface area is 134 Å². The predicted molar refractivity (Wildman–Crippen MR) is 88.7 cm³/mol. The second-order valence-corrected chi connectivity index (χ2v) is 6.26. The van der Waals surface area contributed by atoms with Crippen molar-refractivity contribution in [2.24, 2.45) is 5.73 Å². The summed E-state index contributed by atoms with van der Waals surface area (Å²) in [7, 11) is 0. The van der Waals surface area contributed by atoms with Gasteiger partial charge in [0, 0.05) is 26.2 Å². The van der Waals surface area contributed by atoms with Crippen LogP contribution in [0.2, 0.25) is 5.02 Å². The largest absolute Gasteiger partial charge is 0.376 e. The molecule has 0 saturated heterocycles. The summed E-state index contributed by atoms with van der Waals surface area (Å²) in [6, 6.07) is 13.7. The van der Waals surface area contributed by atoms with Gasteiger partial charge in [0.15, 0.2) is 0 Å². The fourth-order valence-corrected chi connectivity index (χ4v) is 3.02. The van der Waals surface area contributed by atoms with Crippen LogP contribution in [0.4, 0.5) is 5.69 Å². The summed E-state index contributed by atoms with van der Waals surface area (Å²) in [5.74, 6) is 0. The summed E-state index contributed by atoms with van der Waals surface area (Å²) in [6.45, 7) is 0.461. The predicted octanol–water partition coefficient (Wildman–Crippen LogP) is 4.98. The molecule has 0 radical (unpaired) electrons. The third-order valence-corrected chi connectivity index (χ3v) is 4.29. The van der Waals surface area contributed by atoms with Crippen molar-refractivity contribution in [3.63, 3.8) is 0 Å². The van der Waals surface area contributed by atoms with E-state index in [-0.39, 0.29) is 6.04 Å². The maximum atomic E-state index is 6.27. The second-order valence-electron chi connectivity index (χ2n) is 4.08. The van der Waals surface area contributed by atoms with Crippen LogP contribution in [-0.2, 0) is 0 Å². The van der Waals surface area contributed by atoms with Gasteiger partial charge in [0.1, 0.15) is 0 Å². The molecule has 3 N–H and O–H groups in total. The quantitative estimate of drug-likeness (QED) is 0.754. The zero-order chi connectivity index (χ0) is 13.8. The highest BCUT2D eigenvalue weighted by molar-refractivity contribution is 9.10. The number of nitrogens with one attached hydrogen (secondary N) is 1. The van der Waals surface area contributed by atoms with Gasteiger partial charge in [0.25, 0.3) is 0 Å². The van der Waals surface area contributed by atoms with Crippen LogP contribution < -0.4 is 11.1 Å². The Balaban J connectivity index is 2.28. The zero-order valence-electron chi connectivity index (χ0n) is 10.0. The Bertz CT molecular complexity index is 575. The normalized spacial score (nSPS) is 12.2. The number of hydrogen-bond acceptors (Lipinski definition) is 2. The lowest BCUT2D eigenvalue weighted by molar-refractivity contribution is 0.789. The highest BCUT2D eigenvalue weighted by Gasteiger charge is 2.14. The molecule has 2 aromatic carbocycles. The van der Waals surface area contributed by atoms with Crippen molar-refractivity contribution in [2.45, 2.75) is 6.04 Å². The van der Waals surface area contributed by atoms with Gasteiger partial charge >= 0.3 is 0 Å². The summed E-state index contributed by atoms with van der Waals surface area (Å²) < 4.78 is 1.96. The van der Waals surface area contributed by atoms with E-state index >= 15 is 0 Å². The average Bonchev–Trinajstić information content (AvgIpc) is 2.39. The van der Waals surface area contributed by atoms with E-state index in [4.69, 9.17) is 17.3 Å². The van der Waals surface area contributed by atoms with Crippen LogP contribution in [-0.4, -0.2) is 6.54 Å². The van der Waals surface area contributed by atoms with Crippen molar-refractivity contribution >= 4 is 49.1 Å². The van der Waals surface area contributed by atoms with Crippen LogP contribution in [0.25, 0.3) is 0 Å². The molecule has 1 atom stereocenters. The number of nitrogens with two attached hydrogens (primary N) is 1. The monoisotopic (exact) mass is 402 g/mol. The standard InChI is InChI=1S/C14H13Br2ClN2/c15-9-5-6-10(12(17)7-9)14(8-18)19-13-4-2-1-3-11(13)16/h1-7,14,19H,8,18H2. The van der Waals surface area contributed by atoms with E-state index in [2.05, 4.69) is 37.2 Å². The van der Waals surface area contributed by atoms with Gasteiger partial charge in [-0.3, -0.25) is 0 Å². The molecule has 0 aliphatic rings. The van der Waals surface area contributed by atoms with E-state index < -0.39 is 0 Å². The van der Waals surface area contributed by atoms with E-state index in [0.717, 1.165) is 20.2 Å². The summed E-state index contributed by atoms with van der Waals surface area (Å²) >= 11 is 13.2. The van der Waals surface area contributed by atoms with Crippen molar-refractivity contribution in [3.05, 3.63) is 62.0 Å². The molecule has 2 aromatic rings. The van der Waals surface area contributed by atoms with Crippen LogP contribution >= 0.6 is 43.5 Å². The topological polar surface area (TPSA) is 38.0 Å². The van der Waals surface area contributed by atoms with Gasteiger partial charge in [-0.05, 0) is 45.8 Å². The summed E-state index contributed by atoms with van der Waals surface area (Å²) in [6.07, 6.45) is 0. The molecular weight excluding hydrogens is 391 g/mol. The van der Waals surface area contributed by atoms with Gasteiger partial charge in [0.2, 0.25) is 0 Å². The maximum Gasteiger partial charge on any atom is 0.0651 e. The maximum absolute atomic E-state index is 6.27. The van der Waals surface area contributed by atoms with Crippen molar-refractivity contribution in [3.8, 4) is 0 Å². The molecule has 2 nitrogen and oxygen atoms in total. The first-order valence-corrected chi connectivity index (χ1v) is 7.74. The minimum absolute atomic E-state index is 0.0284. The zero-order valence-corrected chi connectivity index (χ0v) is 14.0. The molecule has 19 heavy (non-hydrogen) atoms. The van der Waals surface area contributed by atoms with Crippen LogP contribution in [0, 0.1) is 0 Å². The molecule has 2 rings (SSSR count). The van der Waals surface area contributed by atoms with Crippen molar-refractivity contribution < 1.29 is 0 Å².